The molecule has 2 fully saturated rings. The number of hydrogen-bond acceptors (Lipinski definition) is 5. The Morgan fingerprint density at radius 1 is 1.00 bits per heavy atom. The van der Waals surface area contributed by atoms with Gasteiger partial charge in [-0.25, -0.2) is 8.42 Å². The minimum absolute atomic E-state index is 0.0241. The third kappa shape index (κ3) is 5.60. The summed E-state index contributed by atoms with van der Waals surface area (Å²) in [6, 6.07) is 6.34. The highest BCUT2D eigenvalue weighted by molar-refractivity contribution is 7.89. The topological polar surface area (TPSA) is 92.8 Å². The van der Waals surface area contributed by atoms with Crippen molar-refractivity contribution >= 4 is 27.6 Å². The summed E-state index contributed by atoms with van der Waals surface area (Å²) in [5, 5.41) is 2.61. The number of nitrogens with zero attached hydrogens (tertiary/aromatic N) is 1. The Kier molecular flexibility index (Phi) is 7.88. The number of nitrogens with one attached hydrogen (secondary N) is 1. The van der Waals surface area contributed by atoms with Gasteiger partial charge in [0.25, 0.3) is 5.91 Å². The van der Waals surface area contributed by atoms with Crippen LogP contribution in [-0.4, -0.2) is 44.3 Å². The monoisotopic (exact) mass is 436 g/mol. The van der Waals surface area contributed by atoms with E-state index >= 15 is 0 Å². The molecular formula is C22H32N2O5S. The lowest BCUT2D eigenvalue weighted by Gasteiger charge is -2.30. The van der Waals surface area contributed by atoms with Crippen LogP contribution in [0.3, 0.4) is 0 Å². The van der Waals surface area contributed by atoms with Crippen LogP contribution in [0, 0.1) is 5.92 Å². The van der Waals surface area contributed by atoms with E-state index in [1.807, 2.05) is 0 Å². The number of ether oxygens (including phenoxy) is 1. The molecule has 1 amide bonds. The van der Waals surface area contributed by atoms with Crippen molar-refractivity contribution in [3.05, 3.63) is 24.3 Å². The molecule has 0 aliphatic heterocycles. The molecular weight excluding hydrogens is 404 g/mol. The summed E-state index contributed by atoms with van der Waals surface area (Å²) in [5.41, 5.74) is 0.207. The first-order chi connectivity index (χ1) is 14.4. The average molecular weight is 437 g/mol. The van der Waals surface area contributed by atoms with Gasteiger partial charge in [-0.15, -0.1) is 0 Å². The largest absolute Gasteiger partial charge is 0.455 e. The number of hydrogen-bond donors (Lipinski definition) is 1. The van der Waals surface area contributed by atoms with Gasteiger partial charge in [-0.05, 0) is 37.8 Å². The third-order valence-electron chi connectivity index (χ3n) is 6.19. The molecule has 0 atom stereocenters. The van der Waals surface area contributed by atoms with E-state index in [2.05, 4.69) is 5.32 Å². The van der Waals surface area contributed by atoms with Gasteiger partial charge in [0.15, 0.2) is 6.61 Å². The van der Waals surface area contributed by atoms with E-state index in [0.29, 0.717) is 0 Å². The van der Waals surface area contributed by atoms with Gasteiger partial charge in [0.2, 0.25) is 10.0 Å². The fraction of sp³-hybridized carbons (Fsp3) is 0.636. The van der Waals surface area contributed by atoms with E-state index in [-0.39, 0.29) is 28.5 Å². The van der Waals surface area contributed by atoms with Gasteiger partial charge in [-0.2, -0.15) is 4.31 Å². The summed E-state index contributed by atoms with van der Waals surface area (Å²) in [6.07, 6.45) is 9.62. The number of rotatable bonds is 7. The highest BCUT2D eigenvalue weighted by atomic mass is 32.2. The molecule has 1 N–H and O–H groups in total. The predicted molar refractivity (Wildman–Crippen MR) is 114 cm³/mol. The van der Waals surface area contributed by atoms with Crippen LogP contribution in [0.5, 0.6) is 0 Å². The summed E-state index contributed by atoms with van der Waals surface area (Å²) in [5.74, 6) is -1.02. The summed E-state index contributed by atoms with van der Waals surface area (Å²) in [7, 11) is -2.15. The van der Waals surface area contributed by atoms with Gasteiger partial charge < -0.3 is 10.1 Å². The minimum Gasteiger partial charge on any atom is -0.455 e. The smallest absolute Gasteiger partial charge is 0.309 e. The summed E-state index contributed by atoms with van der Waals surface area (Å²) >= 11 is 0. The van der Waals surface area contributed by atoms with Gasteiger partial charge in [-0.1, -0.05) is 50.7 Å². The maximum absolute atomic E-state index is 13.2. The second-order valence-electron chi connectivity index (χ2n) is 8.30. The van der Waals surface area contributed by atoms with Crippen LogP contribution in [0.1, 0.15) is 64.2 Å². The quantitative estimate of drug-likeness (QED) is 0.658. The average Bonchev–Trinajstić information content (AvgIpc) is 2.78. The maximum Gasteiger partial charge on any atom is 0.309 e. The van der Waals surface area contributed by atoms with Crippen molar-refractivity contribution in [2.75, 3.05) is 19.0 Å². The molecule has 1 aromatic carbocycles. The van der Waals surface area contributed by atoms with Gasteiger partial charge in [-0.3, -0.25) is 9.59 Å². The molecule has 0 aromatic heterocycles. The number of benzene rings is 1. The predicted octanol–water partition coefficient (Wildman–Crippen LogP) is 3.70. The maximum atomic E-state index is 13.2. The van der Waals surface area contributed by atoms with Crippen molar-refractivity contribution in [2.45, 2.75) is 75.1 Å². The van der Waals surface area contributed by atoms with Crippen molar-refractivity contribution in [3.63, 3.8) is 0 Å². The van der Waals surface area contributed by atoms with Crippen LogP contribution < -0.4 is 5.32 Å². The second-order valence-corrected chi connectivity index (χ2v) is 10.3. The summed E-state index contributed by atoms with van der Waals surface area (Å²) in [4.78, 5) is 24.6. The van der Waals surface area contributed by atoms with Crippen LogP contribution in [-0.2, 0) is 24.3 Å². The molecule has 2 aliphatic rings. The zero-order valence-electron chi connectivity index (χ0n) is 17.6. The Bertz CT molecular complexity index is 843. The standard InChI is InChI=1S/C22H32N2O5S/c1-24(18-12-6-3-7-13-18)30(27,28)20-15-9-8-14-19(20)23-21(25)16-29-22(26)17-10-4-2-5-11-17/h8-9,14-15,17-18H,2-7,10-13,16H2,1H3,(H,23,25). The molecule has 0 unspecified atom stereocenters. The number of amides is 1. The van der Waals surface area contributed by atoms with Gasteiger partial charge in [0.1, 0.15) is 4.90 Å². The molecule has 0 bridgehead atoms. The second kappa shape index (κ2) is 10.4. The van der Waals surface area contributed by atoms with Crippen molar-refractivity contribution in [1.82, 2.24) is 4.31 Å². The minimum atomic E-state index is -3.75. The first-order valence-corrected chi connectivity index (χ1v) is 12.4. The lowest BCUT2D eigenvalue weighted by atomic mass is 9.89. The molecule has 0 radical (unpaired) electrons. The Hall–Kier alpha value is -1.93. The highest BCUT2D eigenvalue weighted by Gasteiger charge is 2.31. The van der Waals surface area contributed by atoms with E-state index in [9.17, 15) is 18.0 Å². The molecule has 3 rings (SSSR count). The molecule has 7 nitrogen and oxygen atoms in total. The number of anilines is 1. The Labute approximate surface area is 179 Å². The number of para-hydroxylation sites is 1. The van der Waals surface area contributed by atoms with Crippen molar-refractivity contribution in [3.8, 4) is 0 Å². The zero-order chi connectivity index (χ0) is 21.6. The zero-order valence-corrected chi connectivity index (χ0v) is 18.5. The number of carbonyl (C=O) groups excluding carboxylic acids is 2. The van der Waals surface area contributed by atoms with Crippen LogP contribution in [0.4, 0.5) is 5.69 Å². The van der Waals surface area contributed by atoms with E-state index in [1.165, 1.54) is 10.4 Å². The molecule has 1 aromatic rings. The van der Waals surface area contributed by atoms with Crippen LogP contribution in [0.15, 0.2) is 29.2 Å². The van der Waals surface area contributed by atoms with Crippen molar-refractivity contribution in [1.29, 1.82) is 0 Å². The molecule has 2 aliphatic carbocycles. The van der Waals surface area contributed by atoms with Crippen molar-refractivity contribution in [2.24, 2.45) is 5.92 Å². The molecule has 8 heteroatoms. The highest BCUT2D eigenvalue weighted by Crippen LogP contribution is 2.30. The first-order valence-electron chi connectivity index (χ1n) is 10.9. The van der Waals surface area contributed by atoms with Crippen LogP contribution >= 0.6 is 0 Å². The van der Waals surface area contributed by atoms with Gasteiger partial charge >= 0.3 is 5.97 Å². The number of carbonyl (C=O) groups is 2. The lowest BCUT2D eigenvalue weighted by Crippen LogP contribution is -2.38. The Balaban J connectivity index is 1.64. The molecule has 0 heterocycles. The van der Waals surface area contributed by atoms with Crippen molar-refractivity contribution < 1.29 is 22.7 Å². The molecule has 166 valence electrons. The van der Waals surface area contributed by atoms with Crippen LogP contribution in [0.2, 0.25) is 0 Å². The van der Waals surface area contributed by atoms with Gasteiger partial charge in [0, 0.05) is 13.1 Å². The first kappa shape index (κ1) is 22.7. The summed E-state index contributed by atoms with van der Waals surface area (Å²) in [6.45, 7) is -0.415. The van der Waals surface area contributed by atoms with E-state index in [0.717, 1.165) is 64.2 Å². The molecule has 0 saturated heterocycles. The summed E-state index contributed by atoms with van der Waals surface area (Å²) < 4.78 is 33.0. The SMILES string of the molecule is CN(C1CCCCC1)S(=O)(=O)c1ccccc1NC(=O)COC(=O)C1CCCCC1. The van der Waals surface area contributed by atoms with Crippen LogP contribution in [0.25, 0.3) is 0 Å². The van der Waals surface area contributed by atoms with Gasteiger partial charge in [0.05, 0.1) is 11.6 Å². The Morgan fingerprint density at radius 3 is 2.27 bits per heavy atom. The Morgan fingerprint density at radius 2 is 1.60 bits per heavy atom. The van der Waals surface area contributed by atoms with E-state index < -0.39 is 22.5 Å². The normalized spacial score (nSPS) is 18.9. The molecule has 0 spiro atoms. The fourth-order valence-electron chi connectivity index (χ4n) is 4.37. The third-order valence-corrected chi connectivity index (χ3v) is 8.16. The molecule has 30 heavy (non-hydrogen) atoms. The van der Waals surface area contributed by atoms with E-state index in [1.54, 1.807) is 25.2 Å². The van der Waals surface area contributed by atoms with E-state index in [4.69, 9.17) is 4.74 Å². The number of esters is 1. The molecule has 2 saturated carbocycles. The lowest BCUT2D eigenvalue weighted by molar-refractivity contribution is -0.152. The number of sulfonamides is 1. The fourth-order valence-corrected chi connectivity index (χ4v) is 5.93.